The van der Waals surface area contributed by atoms with Crippen LogP contribution in [0.2, 0.25) is 0 Å². The number of rotatable bonds is 1. The maximum atomic E-state index is 12.8. The zero-order chi connectivity index (χ0) is 16.7. The molecule has 1 heterocycles. The molecule has 2 aliphatic rings. The molecule has 0 bridgehead atoms. The first-order valence-electron chi connectivity index (χ1n) is 8.36. The number of aliphatic imine (C=N–C) groups is 1. The Morgan fingerprint density at radius 2 is 1.88 bits per heavy atom. The molecule has 1 fully saturated rings. The minimum absolute atomic E-state index is 0.185. The fourth-order valence-electron chi connectivity index (χ4n) is 3.67. The van der Waals surface area contributed by atoms with Crippen molar-refractivity contribution in [3.63, 3.8) is 0 Å². The van der Waals surface area contributed by atoms with Crippen LogP contribution >= 0.6 is 0 Å². The molecule has 120 valence electrons. The maximum absolute atomic E-state index is 12.8. The van der Waals surface area contributed by atoms with Crippen LogP contribution in [0.25, 0.3) is 0 Å². The molecule has 3 heteroatoms. The number of carbonyl (C=O) groups is 1. The molecule has 0 aromatic heterocycles. The number of para-hydroxylation sites is 2. The lowest BCUT2D eigenvalue weighted by Crippen LogP contribution is -2.26. The number of hydrogen-bond donors (Lipinski definition) is 1. The van der Waals surface area contributed by atoms with Crippen molar-refractivity contribution < 1.29 is 4.79 Å². The number of fused-ring (bicyclic) bond motifs is 2. The summed E-state index contributed by atoms with van der Waals surface area (Å²) in [6, 6.07) is 16.4. The molecule has 24 heavy (non-hydrogen) atoms. The Hall–Kier alpha value is -2.68. The predicted molar refractivity (Wildman–Crippen MR) is 98.0 cm³/mol. The number of nitrogens with one attached hydrogen (secondary N) is 1. The lowest BCUT2D eigenvalue weighted by molar-refractivity contribution is -0.115. The summed E-state index contributed by atoms with van der Waals surface area (Å²) >= 11 is 0. The van der Waals surface area contributed by atoms with Crippen LogP contribution in [0.5, 0.6) is 0 Å². The molecule has 1 saturated carbocycles. The Morgan fingerprint density at radius 1 is 1.04 bits per heavy atom. The van der Waals surface area contributed by atoms with Crippen molar-refractivity contribution in [2.45, 2.75) is 32.6 Å². The predicted octanol–water partition coefficient (Wildman–Crippen LogP) is 4.91. The fourth-order valence-corrected chi connectivity index (χ4v) is 3.67. The zero-order valence-electron chi connectivity index (χ0n) is 14.0. The maximum Gasteiger partial charge on any atom is 0.167 e. The standard InChI is InChI=1S/C21H20N2O/c1-13-6-5-7-15(10-13)16-11-19-21(20(24)12-16)14(2)22-17-8-3-4-9-18(17)23-19/h3-10,16,22H,11-12H2,1-2H3. The number of ketones is 1. The highest BCUT2D eigenvalue weighted by molar-refractivity contribution is 6.26. The highest BCUT2D eigenvalue weighted by Crippen LogP contribution is 2.38. The molecule has 0 saturated heterocycles. The van der Waals surface area contributed by atoms with Crippen LogP contribution < -0.4 is 5.32 Å². The third kappa shape index (κ3) is 2.56. The minimum atomic E-state index is 0.185. The van der Waals surface area contributed by atoms with Gasteiger partial charge >= 0.3 is 0 Å². The van der Waals surface area contributed by atoms with Gasteiger partial charge in [0.1, 0.15) is 0 Å². The fraction of sp³-hybridized carbons (Fsp3) is 0.238. The number of hydrogen-bond acceptors (Lipinski definition) is 3. The molecule has 0 spiro atoms. The molecule has 3 nitrogen and oxygen atoms in total. The number of allylic oxidation sites excluding steroid dienone is 2. The summed E-state index contributed by atoms with van der Waals surface area (Å²) in [5, 5.41) is 3.36. The van der Waals surface area contributed by atoms with Crippen molar-refractivity contribution in [1.82, 2.24) is 0 Å². The highest BCUT2D eigenvalue weighted by atomic mass is 16.1. The molecule has 0 radical (unpaired) electrons. The Bertz CT molecular complexity index is 892. The summed E-state index contributed by atoms with van der Waals surface area (Å²) in [6.07, 6.45) is 1.35. The van der Waals surface area contributed by atoms with Gasteiger partial charge in [-0.15, -0.1) is 0 Å². The van der Waals surface area contributed by atoms with Gasteiger partial charge in [0.2, 0.25) is 0 Å². The zero-order valence-corrected chi connectivity index (χ0v) is 14.0. The molecule has 4 rings (SSSR count). The number of Topliss-reactive ketones (excluding diaryl/α,β-unsaturated/α-hetero) is 1. The van der Waals surface area contributed by atoms with Crippen molar-refractivity contribution in [2.75, 3.05) is 5.32 Å². The summed E-state index contributed by atoms with van der Waals surface area (Å²) < 4.78 is 0. The van der Waals surface area contributed by atoms with Gasteiger partial charge in [-0.2, -0.15) is 0 Å². The van der Waals surface area contributed by atoms with E-state index in [1.54, 1.807) is 0 Å². The highest BCUT2D eigenvalue weighted by Gasteiger charge is 2.32. The van der Waals surface area contributed by atoms with Crippen LogP contribution in [0.3, 0.4) is 0 Å². The minimum Gasteiger partial charge on any atom is -0.357 e. The first-order chi connectivity index (χ1) is 11.6. The summed E-state index contributed by atoms with van der Waals surface area (Å²) in [4.78, 5) is 17.7. The summed E-state index contributed by atoms with van der Waals surface area (Å²) in [7, 11) is 0. The third-order valence-electron chi connectivity index (χ3n) is 4.81. The van der Waals surface area contributed by atoms with E-state index in [9.17, 15) is 4.79 Å². The summed E-state index contributed by atoms with van der Waals surface area (Å²) in [5.74, 6) is 0.391. The lowest BCUT2D eigenvalue weighted by Gasteiger charge is -2.25. The molecule has 1 aliphatic heterocycles. The van der Waals surface area contributed by atoms with E-state index in [0.29, 0.717) is 6.42 Å². The number of anilines is 1. The van der Waals surface area contributed by atoms with Crippen molar-refractivity contribution in [2.24, 2.45) is 4.99 Å². The second-order valence-electron chi connectivity index (χ2n) is 6.64. The van der Waals surface area contributed by atoms with E-state index in [-0.39, 0.29) is 11.7 Å². The smallest absolute Gasteiger partial charge is 0.167 e. The number of aryl methyl sites for hydroxylation is 1. The molecule has 2 aromatic rings. The van der Waals surface area contributed by atoms with Crippen LogP contribution in [-0.4, -0.2) is 11.5 Å². The second kappa shape index (κ2) is 5.75. The Balaban J connectivity index is 1.78. The van der Waals surface area contributed by atoms with Crippen molar-refractivity contribution in [3.05, 3.63) is 70.9 Å². The van der Waals surface area contributed by atoms with E-state index in [1.807, 2.05) is 31.2 Å². The van der Waals surface area contributed by atoms with Gasteiger partial charge in [-0.3, -0.25) is 9.79 Å². The molecule has 0 amide bonds. The Morgan fingerprint density at radius 3 is 2.71 bits per heavy atom. The molecular formula is C21H20N2O. The largest absolute Gasteiger partial charge is 0.357 e. The van der Waals surface area contributed by atoms with Gasteiger partial charge in [0.05, 0.1) is 22.7 Å². The third-order valence-corrected chi connectivity index (χ3v) is 4.81. The normalized spacial score (nSPS) is 19.8. The van der Waals surface area contributed by atoms with Gasteiger partial charge in [0.25, 0.3) is 0 Å². The van der Waals surface area contributed by atoms with Gasteiger partial charge in [-0.1, -0.05) is 42.0 Å². The lowest BCUT2D eigenvalue weighted by atomic mass is 9.78. The average molecular weight is 316 g/mol. The van der Waals surface area contributed by atoms with Gasteiger partial charge in [0, 0.05) is 12.1 Å². The van der Waals surface area contributed by atoms with Gasteiger partial charge < -0.3 is 5.32 Å². The van der Waals surface area contributed by atoms with Crippen molar-refractivity contribution >= 4 is 22.9 Å². The molecule has 1 unspecified atom stereocenters. The van der Waals surface area contributed by atoms with E-state index in [4.69, 9.17) is 4.99 Å². The van der Waals surface area contributed by atoms with E-state index < -0.39 is 0 Å². The van der Waals surface area contributed by atoms with E-state index in [2.05, 4.69) is 36.5 Å². The van der Waals surface area contributed by atoms with E-state index >= 15 is 0 Å². The molecule has 1 N–H and O–H groups in total. The number of carbonyl (C=O) groups excluding carboxylic acids is 1. The van der Waals surface area contributed by atoms with E-state index in [1.165, 1.54) is 11.1 Å². The van der Waals surface area contributed by atoms with Gasteiger partial charge in [0.15, 0.2) is 5.78 Å². The van der Waals surface area contributed by atoms with Crippen molar-refractivity contribution in [3.8, 4) is 0 Å². The number of benzene rings is 2. The van der Waals surface area contributed by atoms with Crippen molar-refractivity contribution in [1.29, 1.82) is 0 Å². The van der Waals surface area contributed by atoms with Crippen LogP contribution in [-0.2, 0) is 4.79 Å². The van der Waals surface area contributed by atoms with Crippen LogP contribution in [0.15, 0.2) is 64.8 Å². The quantitative estimate of drug-likeness (QED) is 0.812. The van der Waals surface area contributed by atoms with Gasteiger partial charge in [-0.25, -0.2) is 0 Å². The molecule has 1 aliphatic carbocycles. The van der Waals surface area contributed by atoms with E-state index in [0.717, 1.165) is 34.8 Å². The SMILES string of the molecule is CC1=C2C(=O)CC(c3cccc(C)c3)CC2=Nc2ccccc2N1. The molecule has 2 aromatic carbocycles. The second-order valence-corrected chi connectivity index (χ2v) is 6.64. The average Bonchev–Trinajstić information content (AvgIpc) is 2.70. The number of nitrogens with zero attached hydrogens (tertiary/aromatic N) is 1. The van der Waals surface area contributed by atoms with Crippen LogP contribution in [0.4, 0.5) is 11.4 Å². The summed E-state index contributed by atoms with van der Waals surface area (Å²) in [6.45, 7) is 4.06. The Labute approximate surface area is 142 Å². The van der Waals surface area contributed by atoms with Crippen LogP contribution in [0.1, 0.15) is 36.8 Å². The molecular weight excluding hydrogens is 296 g/mol. The van der Waals surface area contributed by atoms with Crippen LogP contribution in [0, 0.1) is 6.92 Å². The summed E-state index contributed by atoms with van der Waals surface area (Å²) in [5.41, 5.74) is 6.92. The first kappa shape index (κ1) is 14.9. The topological polar surface area (TPSA) is 41.5 Å². The molecule has 1 atom stereocenters. The first-order valence-corrected chi connectivity index (χ1v) is 8.36. The van der Waals surface area contributed by atoms with Gasteiger partial charge in [-0.05, 0) is 43.9 Å². The Kier molecular flexibility index (Phi) is 3.57. The monoisotopic (exact) mass is 316 g/mol.